The number of unbranched alkanes of at least 4 members (excludes halogenated alkanes) is 1. The Hall–Kier alpha value is -2.20. The summed E-state index contributed by atoms with van der Waals surface area (Å²) in [5, 5.41) is 17.0. The molecule has 0 rings (SSSR count). The van der Waals surface area contributed by atoms with Crippen molar-refractivity contribution in [3.8, 4) is 0 Å². The second-order valence-corrected chi connectivity index (χ2v) is 8.06. The number of carbonyl (C=O) groups excluding carboxylic acids is 3. The van der Waals surface area contributed by atoms with E-state index in [1.165, 1.54) is 6.92 Å². The van der Waals surface area contributed by atoms with Crippen molar-refractivity contribution in [2.24, 2.45) is 23.3 Å². The van der Waals surface area contributed by atoms with Gasteiger partial charge in [0.2, 0.25) is 17.7 Å². The summed E-state index contributed by atoms with van der Waals surface area (Å²) in [4.78, 5) is 48.8. The van der Waals surface area contributed by atoms with Crippen molar-refractivity contribution in [1.29, 1.82) is 0 Å². The number of carbonyl (C=O) groups is 4. The van der Waals surface area contributed by atoms with Crippen LogP contribution in [-0.2, 0) is 19.2 Å². The molecule has 0 saturated carbocycles. The molecule has 8 N–H and O–H groups in total. The van der Waals surface area contributed by atoms with Crippen LogP contribution < -0.4 is 27.4 Å². The van der Waals surface area contributed by atoms with E-state index in [1.807, 2.05) is 6.92 Å². The highest BCUT2D eigenvalue weighted by atomic mass is 16.4. The lowest BCUT2D eigenvalue weighted by Crippen LogP contribution is -2.58. The summed E-state index contributed by atoms with van der Waals surface area (Å²) >= 11 is 0. The molecule has 0 spiro atoms. The van der Waals surface area contributed by atoms with E-state index >= 15 is 0 Å². The number of hydrogen-bond acceptors (Lipinski definition) is 6. The third-order valence-electron chi connectivity index (χ3n) is 5.08. The Kier molecular flexibility index (Phi) is 12.9. The molecule has 0 aliphatic heterocycles. The van der Waals surface area contributed by atoms with Crippen molar-refractivity contribution in [3.63, 3.8) is 0 Å². The van der Waals surface area contributed by atoms with E-state index in [-0.39, 0.29) is 11.8 Å². The van der Waals surface area contributed by atoms with E-state index in [1.54, 1.807) is 20.8 Å². The molecular formula is C20H39N5O5. The Morgan fingerprint density at radius 3 is 1.90 bits per heavy atom. The highest BCUT2D eigenvalue weighted by Gasteiger charge is 2.32. The minimum absolute atomic E-state index is 0.270. The van der Waals surface area contributed by atoms with Gasteiger partial charge in [-0.1, -0.05) is 40.5 Å². The van der Waals surface area contributed by atoms with E-state index in [0.29, 0.717) is 25.8 Å². The molecule has 5 atom stereocenters. The van der Waals surface area contributed by atoms with Gasteiger partial charge in [0.15, 0.2) is 0 Å². The normalized spacial score (nSPS) is 16.1. The zero-order valence-electron chi connectivity index (χ0n) is 18.7. The molecule has 0 heterocycles. The van der Waals surface area contributed by atoms with Gasteiger partial charge in [0.1, 0.15) is 18.1 Å². The van der Waals surface area contributed by atoms with E-state index in [4.69, 9.17) is 11.5 Å². The Balaban J connectivity index is 4.96. The van der Waals surface area contributed by atoms with Crippen LogP contribution in [0.3, 0.4) is 0 Å². The molecule has 5 unspecified atom stereocenters. The van der Waals surface area contributed by atoms with Crippen LogP contribution >= 0.6 is 0 Å². The van der Waals surface area contributed by atoms with Crippen LogP contribution in [0.25, 0.3) is 0 Å². The smallest absolute Gasteiger partial charge is 0.326 e. The third-order valence-corrected chi connectivity index (χ3v) is 5.08. The van der Waals surface area contributed by atoms with E-state index in [9.17, 15) is 24.3 Å². The second-order valence-electron chi connectivity index (χ2n) is 8.06. The summed E-state index contributed by atoms with van der Waals surface area (Å²) in [6, 6.07) is -3.65. The molecule has 0 aliphatic rings. The average Bonchev–Trinajstić information content (AvgIpc) is 2.68. The zero-order valence-corrected chi connectivity index (χ0v) is 18.7. The van der Waals surface area contributed by atoms with Crippen molar-refractivity contribution < 1.29 is 24.3 Å². The molecular weight excluding hydrogens is 390 g/mol. The molecule has 3 amide bonds. The number of amides is 3. The molecule has 10 heteroatoms. The molecule has 0 fully saturated rings. The van der Waals surface area contributed by atoms with Crippen LogP contribution in [-0.4, -0.2) is 59.5 Å². The Labute approximate surface area is 178 Å². The number of nitrogens with one attached hydrogen (secondary N) is 3. The monoisotopic (exact) mass is 429 g/mol. The lowest BCUT2D eigenvalue weighted by molar-refractivity contribution is -0.144. The van der Waals surface area contributed by atoms with Crippen LogP contribution in [0, 0.1) is 11.8 Å². The summed E-state index contributed by atoms with van der Waals surface area (Å²) in [6.45, 7) is 9.05. The fourth-order valence-corrected chi connectivity index (χ4v) is 2.77. The third kappa shape index (κ3) is 9.53. The maximum Gasteiger partial charge on any atom is 0.326 e. The van der Waals surface area contributed by atoms with Gasteiger partial charge in [-0.3, -0.25) is 14.4 Å². The second kappa shape index (κ2) is 13.9. The molecule has 174 valence electrons. The van der Waals surface area contributed by atoms with Crippen molar-refractivity contribution >= 4 is 23.7 Å². The SMILES string of the molecule is CCC(C)C(NC(=O)C(NC(=O)C(C)NC(=O)C(N)CCCCN)C(C)C)C(=O)O. The first-order valence-electron chi connectivity index (χ1n) is 10.6. The maximum absolute atomic E-state index is 12.6. The number of hydrogen-bond donors (Lipinski definition) is 6. The van der Waals surface area contributed by atoms with Gasteiger partial charge in [0.05, 0.1) is 6.04 Å². The maximum atomic E-state index is 12.6. The Morgan fingerprint density at radius 1 is 0.867 bits per heavy atom. The minimum Gasteiger partial charge on any atom is -0.480 e. The van der Waals surface area contributed by atoms with Gasteiger partial charge < -0.3 is 32.5 Å². The number of aliphatic carboxylic acids is 1. The van der Waals surface area contributed by atoms with Gasteiger partial charge in [-0.05, 0) is 38.1 Å². The molecule has 0 bridgehead atoms. The van der Waals surface area contributed by atoms with Gasteiger partial charge in [0.25, 0.3) is 0 Å². The molecule has 0 aromatic carbocycles. The molecule has 0 aromatic rings. The van der Waals surface area contributed by atoms with Gasteiger partial charge >= 0.3 is 5.97 Å². The molecule has 0 aromatic heterocycles. The summed E-state index contributed by atoms with van der Waals surface area (Å²) in [5.41, 5.74) is 11.2. The number of carboxylic acids is 1. The minimum atomic E-state index is -1.13. The quantitative estimate of drug-likeness (QED) is 0.205. The Bertz CT molecular complexity index is 584. The molecule has 10 nitrogen and oxygen atoms in total. The fourth-order valence-electron chi connectivity index (χ4n) is 2.77. The van der Waals surface area contributed by atoms with Gasteiger partial charge in [-0.15, -0.1) is 0 Å². The summed E-state index contributed by atoms with van der Waals surface area (Å²) < 4.78 is 0. The molecule has 0 aliphatic carbocycles. The highest BCUT2D eigenvalue weighted by molar-refractivity contribution is 5.94. The first-order valence-corrected chi connectivity index (χ1v) is 10.6. The standard InChI is InChI=1S/C20H39N5O5/c1-6-12(4)16(20(29)30)25-19(28)15(11(2)3)24-17(26)13(5)23-18(27)14(22)9-7-8-10-21/h11-16H,6-10,21-22H2,1-5H3,(H,23,27)(H,24,26)(H,25,28)(H,29,30). The largest absolute Gasteiger partial charge is 0.480 e. The first-order chi connectivity index (χ1) is 14.0. The van der Waals surface area contributed by atoms with Crippen molar-refractivity contribution in [3.05, 3.63) is 0 Å². The number of carboxylic acid groups (broad SMARTS) is 1. The molecule has 30 heavy (non-hydrogen) atoms. The topological polar surface area (TPSA) is 177 Å². The van der Waals surface area contributed by atoms with Crippen LogP contribution in [0.2, 0.25) is 0 Å². The summed E-state index contributed by atoms with van der Waals surface area (Å²) in [5.74, 6) is -3.28. The van der Waals surface area contributed by atoms with Crippen LogP contribution in [0.15, 0.2) is 0 Å². The molecule has 0 saturated heterocycles. The van der Waals surface area contributed by atoms with Crippen LogP contribution in [0.1, 0.15) is 60.3 Å². The van der Waals surface area contributed by atoms with Gasteiger partial charge in [0, 0.05) is 0 Å². The number of nitrogens with two attached hydrogens (primary N) is 2. The zero-order chi connectivity index (χ0) is 23.4. The summed E-state index contributed by atoms with van der Waals surface area (Å²) in [7, 11) is 0. The fraction of sp³-hybridized carbons (Fsp3) is 0.800. The van der Waals surface area contributed by atoms with Gasteiger partial charge in [-0.2, -0.15) is 0 Å². The van der Waals surface area contributed by atoms with Crippen LogP contribution in [0.4, 0.5) is 0 Å². The summed E-state index contributed by atoms with van der Waals surface area (Å²) in [6.07, 6.45) is 2.50. The van der Waals surface area contributed by atoms with Crippen LogP contribution in [0.5, 0.6) is 0 Å². The predicted molar refractivity (Wildman–Crippen MR) is 114 cm³/mol. The van der Waals surface area contributed by atoms with Crippen molar-refractivity contribution in [1.82, 2.24) is 16.0 Å². The average molecular weight is 430 g/mol. The molecule has 0 radical (unpaired) electrons. The Morgan fingerprint density at radius 2 is 1.43 bits per heavy atom. The number of rotatable bonds is 14. The predicted octanol–water partition coefficient (Wildman–Crippen LogP) is -0.296. The van der Waals surface area contributed by atoms with E-state index in [2.05, 4.69) is 16.0 Å². The van der Waals surface area contributed by atoms with Crippen molar-refractivity contribution in [2.75, 3.05) is 6.54 Å². The highest BCUT2D eigenvalue weighted by Crippen LogP contribution is 2.10. The van der Waals surface area contributed by atoms with E-state index < -0.39 is 47.9 Å². The van der Waals surface area contributed by atoms with E-state index in [0.717, 1.165) is 6.42 Å². The van der Waals surface area contributed by atoms with Gasteiger partial charge in [-0.25, -0.2) is 4.79 Å². The lowest BCUT2D eigenvalue weighted by Gasteiger charge is -2.27. The van der Waals surface area contributed by atoms with Crippen molar-refractivity contribution in [2.45, 2.75) is 84.5 Å². The first kappa shape index (κ1) is 27.8. The lowest BCUT2D eigenvalue weighted by atomic mass is 9.97.